The quantitative estimate of drug-likeness (QED) is 0.328. The zero-order chi connectivity index (χ0) is 8.27. The van der Waals surface area contributed by atoms with Gasteiger partial charge in [-0.25, -0.2) is 4.79 Å². The van der Waals surface area contributed by atoms with Crippen LogP contribution in [0.5, 0.6) is 0 Å². The molecule has 0 aromatic carbocycles. The van der Waals surface area contributed by atoms with Gasteiger partial charge in [-0.15, -0.1) is 0 Å². The van der Waals surface area contributed by atoms with Gasteiger partial charge in [0, 0.05) is 12.0 Å². The fraction of sp³-hybridized carbons (Fsp3) is 0.429. The predicted molar refractivity (Wildman–Crippen MR) is 35.7 cm³/mol. The van der Waals surface area contributed by atoms with Gasteiger partial charge in [0.2, 0.25) is 0 Å². The third-order valence-corrected chi connectivity index (χ3v) is 1.39. The molecule has 4 heteroatoms. The van der Waals surface area contributed by atoms with Gasteiger partial charge in [0.1, 0.15) is 12.7 Å². The molecule has 0 amide bonds. The van der Waals surface area contributed by atoms with Crippen LogP contribution in [-0.4, -0.2) is 25.2 Å². The van der Waals surface area contributed by atoms with E-state index in [2.05, 4.69) is 11.3 Å². The average molecular weight is 156 g/mol. The molecule has 1 fully saturated rings. The number of hydrogen-bond acceptors (Lipinski definition) is 4. The van der Waals surface area contributed by atoms with Crippen molar-refractivity contribution in [2.75, 3.05) is 6.61 Å². The van der Waals surface area contributed by atoms with Crippen LogP contribution >= 0.6 is 0 Å². The maximum Gasteiger partial charge on any atom is 0.333 e. The molecule has 0 spiro atoms. The van der Waals surface area contributed by atoms with Crippen molar-refractivity contribution in [1.29, 1.82) is 0 Å². The summed E-state index contributed by atoms with van der Waals surface area (Å²) in [5, 5.41) is 0. The summed E-state index contributed by atoms with van der Waals surface area (Å²) < 4.78 is 9.17. The summed E-state index contributed by atoms with van der Waals surface area (Å²) in [5.41, 5.74) is 0.435. The van der Waals surface area contributed by atoms with Crippen LogP contribution in [0.2, 0.25) is 0 Å². The minimum atomic E-state index is -0.399. The first kappa shape index (κ1) is 7.78. The second-order valence-electron chi connectivity index (χ2n) is 2.26. The highest BCUT2D eigenvalue weighted by Crippen LogP contribution is 2.18. The van der Waals surface area contributed by atoms with Crippen molar-refractivity contribution >= 4 is 12.4 Å². The second kappa shape index (κ2) is 3.18. The van der Waals surface area contributed by atoms with Gasteiger partial charge >= 0.3 is 5.97 Å². The summed E-state index contributed by atoms with van der Waals surface area (Å²) in [6.07, 6.45) is 0.118. The lowest BCUT2D eigenvalue weighted by Crippen LogP contribution is -2.14. The first-order valence-electron chi connectivity index (χ1n) is 3.18. The molecular formula is C7H8O4. The lowest BCUT2D eigenvalue weighted by atomic mass is 10.2. The summed E-state index contributed by atoms with van der Waals surface area (Å²) >= 11 is 0. The average Bonchev–Trinajstić information content (AvgIpc) is 2.28. The van der Waals surface area contributed by atoms with Crippen LogP contribution in [0.1, 0.15) is 6.42 Å². The third kappa shape index (κ3) is 1.80. The maximum atomic E-state index is 10.7. The van der Waals surface area contributed by atoms with E-state index < -0.39 is 5.97 Å². The Morgan fingerprint density at radius 2 is 2.55 bits per heavy atom. The molecule has 1 aliphatic rings. The van der Waals surface area contributed by atoms with Crippen molar-refractivity contribution in [3.05, 3.63) is 12.2 Å². The minimum Gasteiger partial charge on any atom is -0.464 e. The van der Waals surface area contributed by atoms with Crippen LogP contribution in [0.3, 0.4) is 0 Å². The summed E-state index contributed by atoms with van der Waals surface area (Å²) in [5.74, 6) is -0.399. The molecule has 1 aliphatic heterocycles. The Bertz CT molecular complexity index is 181. The molecule has 11 heavy (non-hydrogen) atoms. The minimum absolute atomic E-state index is 0.119. The number of hydrogen-bond donors (Lipinski definition) is 0. The van der Waals surface area contributed by atoms with Crippen LogP contribution in [0, 0.1) is 0 Å². The van der Waals surface area contributed by atoms with E-state index in [0.29, 0.717) is 18.5 Å². The molecule has 0 radical (unpaired) electrons. The molecule has 1 heterocycles. The number of cyclic esters (lactones) is 1. The summed E-state index contributed by atoms with van der Waals surface area (Å²) in [6.45, 7) is 3.92. The molecule has 4 nitrogen and oxygen atoms in total. The van der Waals surface area contributed by atoms with E-state index in [1.165, 1.54) is 0 Å². The fourth-order valence-corrected chi connectivity index (χ4v) is 0.874. The van der Waals surface area contributed by atoms with E-state index in [0.717, 1.165) is 0 Å². The maximum absolute atomic E-state index is 10.7. The Balaban J connectivity index is 2.35. The van der Waals surface area contributed by atoms with Gasteiger partial charge in [0.15, 0.2) is 0 Å². The van der Waals surface area contributed by atoms with E-state index in [4.69, 9.17) is 4.74 Å². The number of carbonyl (C=O) groups excluding carboxylic acids is 2. The van der Waals surface area contributed by atoms with Crippen molar-refractivity contribution in [2.24, 2.45) is 0 Å². The van der Waals surface area contributed by atoms with Gasteiger partial charge in [-0.3, -0.25) is 4.79 Å². The van der Waals surface area contributed by atoms with Gasteiger partial charge < -0.3 is 9.47 Å². The first-order chi connectivity index (χ1) is 5.24. The van der Waals surface area contributed by atoms with E-state index in [1.807, 2.05) is 0 Å². The van der Waals surface area contributed by atoms with Gasteiger partial charge in [-0.1, -0.05) is 6.58 Å². The van der Waals surface area contributed by atoms with Gasteiger partial charge in [0.25, 0.3) is 6.47 Å². The highest BCUT2D eigenvalue weighted by Gasteiger charge is 2.27. The summed E-state index contributed by atoms with van der Waals surface area (Å²) in [4.78, 5) is 20.4. The molecule has 60 valence electrons. The van der Waals surface area contributed by atoms with Crippen molar-refractivity contribution in [3.63, 3.8) is 0 Å². The Hall–Kier alpha value is -1.32. The molecule has 0 aliphatic carbocycles. The molecule has 1 atom stereocenters. The Morgan fingerprint density at radius 1 is 1.82 bits per heavy atom. The fourth-order valence-electron chi connectivity index (χ4n) is 0.874. The van der Waals surface area contributed by atoms with Crippen LogP contribution in [-0.2, 0) is 19.1 Å². The molecule has 0 N–H and O–H groups in total. The molecule has 0 bridgehead atoms. The molecular weight excluding hydrogens is 148 g/mol. The number of esters is 1. The zero-order valence-electron chi connectivity index (χ0n) is 5.91. The van der Waals surface area contributed by atoms with Crippen LogP contribution < -0.4 is 0 Å². The van der Waals surface area contributed by atoms with E-state index >= 15 is 0 Å². The first-order valence-corrected chi connectivity index (χ1v) is 3.18. The standard InChI is InChI=1S/C7H8O4/c1-5-2-6(3-10-4-8)11-7(5)9/h4,6H,1-3H2. The van der Waals surface area contributed by atoms with Gasteiger partial charge in [-0.05, 0) is 0 Å². The molecule has 1 rings (SSSR count). The molecule has 0 aromatic rings. The predicted octanol–water partition coefficient (Wildman–Crippen LogP) is 0.0311. The number of rotatable bonds is 3. The zero-order valence-corrected chi connectivity index (χ0v) is 5.91. The van der Waals surface area contributed by atoms with E-state index in [1.54, 1.807) is 0 Å². The molecule has 1 saturated heterocycles. The van der Waals surface area contributed by atoms with E-state index in [9.17, 15) is 9.59 Å². The highest BCUT2D eigenvalue weighted by molar-refractivity contribution is 5.89. The van der Waals surface area contributed by atoms with Crippen molar-refractivity contribution in [3.8, 4) is 0 Å². The van der Waals surface area contributed by atoms with Gasteiger partial charge in [-0.2, -0.15) is 0 Å². The Kier molecular flexibility index (Phi) is 2.25. The smallest absolute Gasteiger partial charge is 0.333 e. The number of ether oxygens (including phenoxy) is 2. The van der Waals surface area contributed by atoms with Crippen LogP contribution in [0.25, 0.3) is 0 Å². The van der Waals surface area contributed by atoms with E-state index in [-0.39, 0.29) is 12.7 Å². The monoisotopic (exact) mass is 156 g/mol. The van der Waals surface area contributed by atoms with Crippen LogP contribution in [0.4, 0.5) is 0 Å². The van der Waals surface area contributed by atoms with Crippen molar-refractivity contribution < 1.29 is 19.1 Å². The van der Waals surface area contributed by atoms with Gasteiger partial charge in [0.05, 0.1) is 0 Å². The summed E-state index contributed by atoms with van der Waals surface area (Å²) in [7, 11) is 0. The second-order valence-corrected chi connectivity index (χ2v) is 2.26. The Morgan fingerprint density at radius 3 is 3.00 bits per heavy atom. The van der Waals surface area contributed by atoms with Crippen LogP contribution in [0.15, 0.2) is 12.2 Å². The molecule has 0 saturated carbocycles. The Labute approximate surface area is 63.8 Å². The molecule has 0 aromatic heterocycles. The molecule has 1 unspecified atom stereocenters. The van der Waals surface area contributed by atoms with Crippen molar-refractivity contribution in [2.45, 2.75) is 12.5 Å². The number of carbonyl (C=O) groups is 2. The summed E-state index contributed by atoms with van der Waals surface area (Å²) in [6, 6.07) is 0. The largest absolute Gasteiger partial charge is 0.464 e. The SMILES string of the molecule is C=C1CC(COC=O)OC1=O. The topological polar surface area (TPSA) is 52.6 Å². The van der Waals surface area contributed by atoms with Crippen molar-refractivity contribution in [1.82, 2.24) is 0 Å². The normalized spacial score (nSPS) is 23.1. The highest BCUT2D eigenvalue weighted by atomic mass is 16.6. The lowest BCUT2D eigenvalue weighted by Gasteiger charge is -2.04. The third-order valence-electron chi connectivity index (χ3n) is 1.39. The lowest BCUT2D eigenvalue weighted by molar-refractivity contribution is -0.144.